The third kappa shape index (κ3) is 1.61. The molecule has 0 amide bonds. The van der Waals surface area contributed by atoms with Gasteiger partial charge in [0, 0.05) is 30.6 Å². The van der Waals surface area contributed by atoms with Gasteiger partial charge in [0.2, 0.25) is 0 Å². The second-order valence-corrected chi connectivity index (χ2v) is 3.21. The fourth-order valence-electron chi connectivity index (χ4n) is 1.04. The van der Waals surface area contributed by atoms with Crippen LogP contribution in [0.15, 0.2) is 18.6 Å². The van der Waals surface area contributed by atoms with Crippen molar-refractivity contribution in [1.82, 2.24) is 9.97 Å². The van der Waals surface area contributed by atoms with Crippen LogP contribution in [0, 0.1) is 0 Å². The van der Waals surface area contributed by atoms with Crippen LogP contribution in [0.2, 0.25) is 0 Å². The maximum atomic E-state index is 5.68. The normalized spacial score (nSPS) is 15.6. The summed E-state index contributed by atoms with van der Waals surface area (Å²) in [5.41, 5.74) is 6.64. The Kier molecular flexibility index (Phi) is 2.76. The van der Waals surface area contributed by atoms with Crippen molar-refractivity contribution in [3.8, 4) is 0 Å². The van der Waals surface area contributed by atoms with Gasteiger partial charge in [0.25, 0.3) is 0 Å². The van der Waals surface area contributed by atoms with E-state index in [0.717, 1.165) is 12.1 Å². The monoisotopic (exact) mass is 165 g/mol. The quantitative estimate of drug-likeness (QED) is 0.729. The summed E-state index contributed by atoms with van der Waals surface area (Å²) in [5, 5.41) is 0. The molecule has 0 radical (unpaired) electrons. The Hall–Kier alpha value is -0.960. The number of nitrogens with two attached hydrogens (primary N) is 1. The Morgan fingerprint density at radius 3 is 2.67 bits per heavy atom. The summed E-state index contributed by atoms with van der Waals surface area (Å²) in [6, 6.07) is 0. The minimum absolute atomic E-state index is 0.0196. The van der Waals surface area contributed by atoms with Crippen LogP contribution in [0.25, 0.3) is 0 Å². The topological polar surface area (TPSA) is 51.8 Å². The molecule has 0 spiro atoms. The molecule has 1 heterocycles. The van der Waals surface area contributed by atoms with Gasteiger partial charge in [0.1, 0.15) is 0 Å². The van der Waals surface area contributed by atoms with Crippen molar-refractivity contribution in [1.29, 1.82) is 0 Å². The van der Waals surface area contributed by atoms with Crippen LogP contribution in [-0.4, -0.2) is 16.5 Å². The zero-order valence-corrected chi connectivity index (χ0v) is 7.62. The average Bonchev–Trinajstić information content (AvgIpc) is 2.18. The molecular formula is C9H15N3. The van der Waals surface area contributed by atoms with Gasteiger partial charge in [-0.05, 0) is 6.42 Å². The van der Waals surface area contributed by atoms with E-state index < -0.39 is 0 Å². The highest BCUT2D eigenvalue weighted by Crippen LogP contribution is 2.22. The second kappa shape index (κ2) is 3.63. The lowest BCUT2D eigenvalue weighted by atomic mass is 9.84. The Morgan fingerprint density at radius 2 is 2.25 bits per heavy atom. The first-order chi connectivity index (χ1) is 5.73. The molecule has 0 aliphatic rings. The number of aromatic nitrogens is 2. The molecule has 0 aromatic carbocycles. The van der Waals surface area contributed by atoms with E-state index in [4.69, 9.17) is 5.73 Å². The molecular weight excluding hydrogens is 150 g/mol. The van der Waals surface area contributed by atoms with Crippen molar-refractivity contribution in [3.63, 3.8) is 0 Å². The van der Waals surface area contributed by atoms with Crippen LogP contribution in [0.3, 0.4) is 0 Å². The van der Waals surface area contributed by atoms with Gasteiger partial charge in [-0.3, -0.25) is 9.97 Å². The van der Waals surface area contributed by atoms with Crippen molar-refractivity contribution in [2.45, 2.75) is 25.7 Å². The van der Waals surface area contributed by atoms with Crippen LogP contribution in [0.1, 0.15) is 26.0 Å². The average molecular weight is 165 g/mol. The first-order valence-electron chi connectivity index (χ1n) is 4.19. The summed E-state index contributed by atoms with van der Waals surface area (Å²) in [6.07, 6.45) is 6.16. The fourth-order valence-corrected chi connectivity index (χ4v) is 1.04. The number of nitrogens with zero attached hydrogens (tertiary/aromatic N) is 2. The lowest BCUT2D eigenvalue weighted by Gasteiger charge is -2.24. The van der Waals surface area contributed by atoms with E-state index >= 15 is 0 Å². The number of hydrogen-bond acceptors (Lipinski definition) is 3. The summed E-state index contributed by atoms with van der Waals surface area (Å²) in [7, 11) is 0. The zero-order valence-electron chi connectivity index (χ0n) is 7.62. The van der Waals surface area contributed by atoms with E-state index in [1.54, 1.807) is 18.6 Å². The van der Waals surface area contributed by atoms with Crippen molar-refractivity contribution < 1.29 is 0 Å². The van der Waals surface area contributed by atoms with Crippen molar-refractivity contribution in [2.24, 2.45) is 5.73 Å². The molecule has 66 valence electrons. The molecule has 0 fully saturated rings. The lowest BCUT2D eigenvalue weighted by Crippen LogP contribution is -2.32. The van der Waals surface area contributed by atoms with Crippen molar-refractivity contribution >= 4 is 0 Å². The van der Waals surface area contributed by atoms with Crippen molar-refractivity contribution in [2.75, 3.05) is 6.54 Å². The zero-order chi connectivity index (χ0) is 9.03. The minimum Gasteiger partial charge on any atom is -0.330 e. The predicted molar refractivity (Wildman–Crippen MR) is 48.7 cm³/mol. The summed E-state index contributed by atoms with van der Waals surface area (Å²) in [5.74, 6) is 0. The van der Waals surface area contributed by atoms with E-state index in [-0.39, 0.29) is 5.41 Å². The standard InChI is InChI=1S/C9H15N3/c1-3-9(2,7-10)8-6-11-4-5-12-8/h4-6H,3,7,10H2,1-2H3. The van der Waals surface area contributed by atoms with E-state index in [9.17, 15) is 0 Å². The molecule has 3 heteroatoms. The van der Waals surface area contributed by atoms with Gasteiger partial charge in [0.15, 0.2) is 0 Å². The Morgan fingerprint density at radius 1 is 1.50 bits per heavy atom. The maximum absolute atomic E-state index is 5.68. The second-order valence-electron chi connectivity index (χ2n) is 3.21. The number of rotatable bonds is 3. The number of hydrogen-bond donors (Lipinski definition) is 1. The van der Waals surface area contributed by atoms with E-state index in [2.05, 4.69) is 23.8 Å². The van der Waals surface area contributed by atoms with Gasteiger partial charge in [-0.25, -0.2) is 0 Å². The largest absolute Gasteiger partial charge is 0.330 e. The van der Waals surface area contributed by atoms with Crippen LogP contribution in [-0.2, 0) is 5.41 Å². The maximum Gasteiger partial charge on any atom is 0.0658 e. The highest BCUT2D eigenvalue weighted by Gasteiger charge is 2.23. The first kappa shape index (κ1) is 9.13. The van der Waals surface area contributed by atoms with E-state index in [0.29, 0.717) is 6.54 Å². The van der Waals surface area contributed by atoms with Gasteiger partial charge in [-0.15, -0.1) is 0 Å². The molecule has 3 nitrogen and oxygen atoms in total. The van der Waals surface area contributed by atoms with Crippen LogP contribution in [0.4, 0.5) is 0 Å². The lowest BCUT2D eigenvalue weighted by molar-refractivity contribution is 0.451. The Bertz CT molecular complexity index is 229. The molecule has 1 aromatic rings. The molecule has 2 N–H and O–H groups in total. The molecule has 1 aromatic heterocycles. The minimum atomic E-state index is -0.0196. The summed E-state index contributed by atoms with van der Waals surface area (Å²) in [6.45, 7) is 4.83. The van der Waals surface area contributed by atoms with Gasteiger partial charge in [-0.1, -0.05) is 13.8 Å². The molecule has 12 heavy (non-hydrogen) atoms. The van der Waals surface area contributed by atoms with E-state index in [1.165, 1.54) is 0 Å². The highest BCUT2D eigenvalue weighted by atomic mass is 14.8. The Balaban J connectivity index is 2.95. The summed E-state index contributed by atoms with van der Waals surface area (Å²) in [4.78, 5) is 8.28. The van der Waals surface area contributed by atoms with Gasteiger partial charge in [-0.2, -0.15) is 0 Å². The fraction of sp³-hybridized carbons (Fsp3) is 0.556. The van der Waals surface area contributed by atoms with Crippen molar-refractivity contribution in [3.05, 3.63) is 24.3 Å². The third-order valence-corrected chi connectivity index (χ3v) is 2.41. The molecule has 1 rings (SSSR count). The first-order valence-corrected chi connectivity index (χ1v) is 4.19. The van der Waals surface area contributed by atoms with Gasteiger partial charge >= 0.3 is 0 Å². The molecule has 0 saturated heterocycles. The molecule has 1 unspecified atom stereocenters. The molecule has 0 saturated carbocycles. The molecule has 0 aliphatic heterocycles. The molecule has 0 bridgehead atoms. The highest BCUT2D eigenvalue weighted by molar-refractivity contribution is 5.11. The Labute approximate surface area is 73.0 Å². The smallest absolute Gasteiger partial charge is 0.0658 e. The summed E-state index contributed by atoms with van der Waals surface area (Å²) >= 11 is 0. The predicted octanol–water partition coefficient (Wildman–Crippen LogP) is 1.10. The summed E-state index contributed by atoms with van der Waals surface area (Å²) < 4.78 is 0. The third-order valence-electron chi connectivity index (χ3n) is 2.41. The van der Waals surface area contributed by atoms with Gasteiger partial charge in [0.05, 0.1) is 5.69 Å². The van der Waals surface area contributed by atoms with Gasteiger partial charge < -0.3 is 5.73 Å². The molecule has 0 aliphatic carbocycles. The SMILES string of the molecule is CCC(C)(CN)c1cnccn1. The molecule has 1 atom stereocenters. The van der Waals surface area contributed by atoms with E-state index in [1.807, 2.05) is 0 Å². The van der Waals surface area contributed by atoms with Crippen LogP contribution >= 0.6 is 0 Å². The van der Waals surface area contributed by atoms with Crippen LogP contribution in [0.5, 0.6) is 0 Å². The van der Waals surface area contributed by atoms with Crippen LogP contribution < -0.4 is 5.73 Å².